The van der Waals surface area contributed by atoms with Crippen LogP contribution in [0.3, 0.4) is 0 Å². The summed E-state index contributed by atoms with van der Waals surface area (Å²) in [5.41, 5.74) is 2.65. The molecule has 2 aromatic carbocycles. The van der Waals surface area contributed by atoms with Crippen LogP contribution in [0.5, 0.6) is 0 Å². The quantitative estimate of drug-likeness (QED) is 0.744. The van der Waals surface area contributed by atoms with Crippen LogP contribution in [0.1, 0.15) is 24.8 Å². The Balaban J connectivity index is 1.41. The van der Waals surface area contributed by atoms with Gasteiger partial charge in [-0.15, -0.1) is 0 Å². The lowest BCUT2D eigenvalue weighted by Gasteiger charge is -2.23. The van der Waals surface area contributed by atoms with E-state index < -0.39 is 15.9 Å². The van der Waals surface area contributed by atoms with Crippen LogP contribution < -0.4 is 10.6 Å². The highest BCUT2D eigenvalue weighted by atomic mass is 32.2. The molecule has 4 unspecified atom stereocenters. The number of rotatable bonds is 6. The minimum Gasteiger partial charge on any atom is -0.339 e. The lowest BCUT2D eigenvalue weighted by Crippen LogP contribution is -2.50. The van der Waals surface area contributed by atoms with Crippen molar-refractivity contribution in [1.29, 1.82) is 5.26 Å². The molecule has 1 saturated carbocycles. The predicted octanol–water partition coefficient (Wildman–Crippen LogP) is 2.45. The molecule has 0 spiro atoms. The van der Waals surface area contributed by atoms with Gasteiger partial charge in [0.05, 0.1) is 17.0 Å². The maximum Gasteiger partial charge on any atom is 0.238 e. The van der Waals surface area contributed by atoms with Crippen molar-refractivity contribution in [1.82, 2.24) is 10.6 Å². The van der Waals surface area contributed by atoms with E-state index in [1.165, 1.54) is 6.26 Å². The standard InChI is InChI=1S/C23H25N3O3S/c1-30(28,29)21-4-2-3-17(13-21)16-7-5-15(6-8-16)11-20(14-24)26-23(27)22-18-9-10-19(12-18)25-22/h2-8,13,18-20,22,25H,9-12H2,1H3,(H,26,27). The zero-order valence-corrected chi connectivity index (χ0v) is 17.7. The Bertz CT molecular complexity index is 1090. The molecule has 156 valence electrons. The van der Waals surface area contributed by atoms with Gasteiger partial charge in [-0.25, -0.2) is 8.42 Å². The zero-order chi connectivity index (χ0) is 21.3. The van der Waals surface area contributed by atoms with E-state index in [1.807, 2.05) is 30.3 Å². The second kappa shape index (κ2) is 8.21. The second-order valence-corrected chi connectivity index (χ2v) is 10.3. The molecule has 2 N–H and O–H groups in total. The molecule has 2 fully saturated rings. The first kappa shape index (κ1) is 20.6. The van der Waals surface area contributed by atoms with Gasteiger partial charge in [0.1, 0.15) is 6.04 Å². The van der Waals surface area contributed by atoms with Crippen molar-refractivity contribution < 1.29 is 13.2 Å². The fourth-order valence-corrected chi connectivity index (χ4v) is 5.18. The number of benzene rings is 2. The number of hydrogen-bond acceptors (Lipinski definition) is 5. The Labute approximate surface area is 177 Å². The van der Waals surface area contributed by atoms with Crippen LogP contribution in [-0.2, 0) is 21.1 Å². The molecule has 7 heteroatoms. The van der Waals surface area contributed by atoms with Crippen LogP contribution in [0.4, 0.5) is 0 Å². The Morgan fingerprint density at radius 1 is 1.20 bits per heavy atom. The van der Waals surface area contributed by atoms with Crippen molar-refractivity contribution >= 4 is 15.7 Å². The van der Waals surface area contributed by atoms with Gasteiger partial charge in [0, 0.05) is 18.7 Å². The number of sulfone groups is 1. The topological polar surface area (TPSA) is 99.1 Å². The molecule has 1 amide bonds. The summed E-state index contributed by atoms with van der Waals surface area (Å²) in [5.74, 6) is 0.305. The number of amides is 1. The summed E-state index contributed by atoms with van der Waals surface area (Å²) >= 11 is 0. The zero-order valence-electron chi connectivity index (χ0n) is 16.8. The van der Waals surface area contributed by atoms with Crippen LogP contribution in [0.25, 0.3) is 11.1 Å². The first-order valence-electron chi connectivity index (χ1n) is 10.2. The third-order valence-corrected chi connectivity index (χ3v) is 7.21. The Morgan fingerprint density at radius 2 is 1.97 bits per heavy atom. The minimum atomic E-state index is -3.26. The van der Waals surface area contributed by atoms with Gasteiger partial charge in [-0.05, 0) is 54.0 Å². The highest BCUT2D eigenvalue weighted by Crippen LogP contribution is 2.35. The molecular weight excluding hydrogens is 398 g/mol. The van der Waals surface area contributed by atoms with E-state index in [1.54, 1.807) is 18.2 Å². The molecule has 1 aliphatic heterocycles. The van der Waals surface area contributed by atoms with E-state index in [9.17, 15) is 18.5 Å². The number of nitriles is 1. The van der Waals surface area contributed by atoms with Gasteiger partial charge in [0.25, 0.3) is 0 Å². The highest BCUT2D eigenvalue weighted by Gasteiger charge is 2.43. The number of hydrogen-bond donors (Lipinski definition) is 2. The van der Waals surface area contributed by atoms with Gasteiger partial charge >= 0.3 is 0 Å². The smallest absolute Gasteiger partial charge is 0.238 e. The van der Waals surface area contributed by atoms with Crippen molar-refractivity contribution in [3.05, 3.63) is 54.1 Å². The van der Waals surface area contributed by atoms with Gasteiger partial charge in [0.2, 0.25) is 5.91 Å². The highest BCUT2D eigenvalue weighted by molar-refractivity contribution is 7.90. The first-order chi connectivity index (χ1) is 14.3. The summed E-state index contributed by atoms with van der Waals surface area (Å²) in [6.07, 6.45) is 4.88. The van der Waals surface area contributed by atoms with Crippen LogP contribution in [0, 0.1) is 17.2 Å². The number of nitrogens with zero attached hydrogens (tertiary/aromatic N) is 1. The monoisotopic (exact) mass is 423 g/mol. The Kier molecular flexibility index (Phi) is 5.63. The lowest BCUT2D eigenvalue weighted by molar-refractivity contribution is -0.124. The molecule has 6 nitrogen and oxygen atoms in total. The molecule has 2 aliphatic rings. The van der Waals surface area contributed by atoms with E-state index in [2.05, 4.69) is 16.7 Å². The van der Waals surface area contributed by atoms with Crippen molar-refractivity contribution in [2.45, 2.75) is 48.7 Å². The van der Waals surface area contributed by atoms with E-state index in [0.29, 0.717) is 18.4 Å². The van der Waals surface area contributed by atoms with E-state index in [-0.39, 0.29) is 16.8 Å². The average molecular weight is 424 g/mol. The van der Waals surface area contributed by atoms with E-state index >= 15 is 0 Å². The van der Waals surface area contributed by atoms with Gasteiger partial charge < -0.3 is 10.6 Å². The number of piperidine rings is 1. The Hall–Kier alpha value is -2.69. The fraction of sp³-hybridized carbons (Fsp3) is 0.391. The first-order valence-corrected chi connectivity index (χ1v) is 12.1. The normalized spacial score (nSPS) is 23.7. The largest absolute Gasteiger partial charge is 0.339 e. The van der Waals surface area contributed by atoms with E-state index in [4.69, 9.17) is 0 Å². The molecule has 30 heavy (non-hydrogen) atoms. The molecule has 1 heterocycles. The third kappa shape index (κ3) is 4.40. The molecule has 0 radical (unpaired) electrons. The van der Waals surface area contributed by atoms with Gasteiger partial charge in [-0.2, -0.15) is 5.26 Å². The molecule has 1 aliphatic carbocycles. The van der Waals surface area contributed by atoms with E-state index in [0.717, 1.165) is 36.0 Å². The van der Waals surface area contributed by atoms with Crippen LogP contribution in [-0.4, -0.2) is 38.7 Å². The molecule has 4 rings (SSSR count). The summed E-state index contributed by atoms with van der Waals surface area (Å²) in [4.78, 5) is 12.9. The number of carbonyl (C=O) groups is 1. The molecule has 0 aromatic heterocycles. The summed E-state index contributed by atoms with van der Waals surface area (Å²) < 4.78 is 23.6. The van der Waals surface area contributed by atoms with Gasteiger partial charge in [-0.1, -0.05) is 36.4 Å². The minimum absolute atomic E-state index is 0.0806. The third-order valence-electron chi connectivity index (χ3n) is 6.10. The van der Waals surface area contributed by atoms with Crippen molar-refractivity contribution in [3.8, 4) is 17.2 Å². The van der Waals surface area contributed by atoms with Crippen LogP contribution >= 0.6 is 0 Å². The van der Waals surface area contributed by atoms with Crippen molar-refractivity contribution in [2.75, 3.05) is 6.26 Å². The maximum atomic E-state index is 12.6. The maximum absolute atomic E-state index is 12.6. The Morgan fingerprint density at radius 3 is 2.57 bits per heavy atom. The van der Waals surface area contributed by atoms with Crippen molar-refractivity contribution in [2.24, 2.45) is 5.92 Å². The van der Waals surface area contributed by atoms with Crippen LogP contribution in [0.15, 0.2) is 53.4 Å². The van der Waals surface area contributed by atoms with Gasteiger partial charge in [0.15, 0.2) is 9.84 Å². The second-order valence-electron chi connectivity index (χ2n) is 8.31. The lowest BCUT2D eigenvalue weighted by atomic mass is 9.98. The number of nitrogens with one attached hydrogen (secondary N) is 2. The molecule has 2 aromatic rings. The number of fused-ring (bicyclic) bond motifs is 2. The SMILES string of the molecule is CS(=O)(=O)c1cccc(-c2ccc(CC(C#N)NC(=O)C3NC4CCC3C4)cc2)c1. The summed E-state index contributed by atoms with van der Waals surface area (Å²) in [6.45, 7) is 0. The molecule has 1 saturated heterocycles. The fourth-order valence-electron chi connectivity index (χ4n) is 4.52. The summed E-state index contributed by atoms with van der Waals surface area (Å²) in [6, 6.07) is 16.3. The van der Waals surface area contributed by atoms with Crippen LogP contribution in [0.2, 0.25) is 0 Å². The summed E-state index contributed by atoms with van der Waals surface area (Å²) in [7, 11) is -3.26. The molecule has 4 atom stereocenters. The van der Waals surface area contributed by atoms with Gasteiger partial charge in [-0.3, -0.25) is 4.79 Å². The average Bonchev–Trinajstić information content (AvgIpc) is 3.37. The molecule has 2 bridgehead atoms. The van der Waals surface area contributed by atoms with Crippen molar-refractivity contribution in [3.63, 3.8) is 0 Å². The number of carbonyl (C=O) groups excluding carboxylic acids is 1. The predicted molar refractivity (Wildman–Crippen MR) is 114 cm³/mol. The molecular formula is C23H25N3O3S. The summed E-state index contributed by atoms with van der Waals surface area (Å²) in [5, 5.41) is 15.8.